The number of carbonyl (C=O) groups excluding carboxylic acids is 1. The maximum absolute atomic E-state index is 12.9. The lowest BCUT2D eigenvalue weighted by molar-refractivity contribution is 0.0624. The molecule has 6 heteroatoms. The number of thiazole rings is 1. The molecule has 2 aromatic carbocycles. The van der Waals surface area contributed by atoms with Crippen molar-refractivity contribution in [3.05, 3.63) is 59.1 Å². The van der Waals surface area contributed by atoms with Gasteiger partial charge in [-0.2, -0.15) is 0 Å². The summed E-state index contributed by atoms with van der Waals surface area (Å²) in [6.07, 6.45) is 0. The maximum atomic E-state index is 12.9. The van der Waals surface area contributed by atoms with Crippen LogP contribution >= 0.6 is 11.3 Å². The number of amides is 1. The van der Waals surface area contributed by atoms with E-state index in [1.54, 1.807) is 11.3 Å². The molecule has 0 bridgehead atoms. The number of benzene rings is 2. The summed E-state index contributed by atoms with van der Waals surface area (Å²) in [5.41, 5.74) is 1.72. The summed E-state index contributed by atoms with van der Waals surface area (Å²) in [5, 5.41) is 1.14. The van der Waals surface area contributed by atoms with Gasteiger partial charge >= 0.3 is 0 Å². The normalized spacial score (nSPS) is 15.2. The van der Waals surface area contributed by atoms with Crippen LogP contribution in [-0.2, 0) is 6.54 Å². The standard InChI is InChI=1S/C21H23N3O2S/c1-2-26-18-9-5-3-7-16(18)21(25)24-13-11-23(12-14-24)15-20-22-17-8-4-6-10-19(17)27-20/h3-10H,2,11-15H2,1H3. The Hall–Kier alpha value is -2.44. The molecule has 0 atom stereocenters. The number of hydrogen-bond acceptors (Lipinski definition) is 5. The average molecular weight is 382 g/mol. The molecule has 1 amide bonds. The van der Waals surface area contributed by atoms with Gasteiger partial charge in [-0.25, -0.2) is 4.98 Å². The van der Waals surface area contributed by atoms with Crippen LogP contribution in [0.25, 0.3) is 10.2 Å². The second-order valence-corrected chi connectivity index (χ2v) is 7.69. The number of hydrogen-bond donors (Lipinski definition) is 0. The van der Waals surface area contributed by atoms with Crippen LogP contribution in [-0.4, -0.2) is 53.5 Å². The minimum absolute atomic E-state index is 0.0543. The van der Waals surface area contributed by atoms with E-state index >= 15 is 0 Å². The number of carbonyl (C=O) groups is 1. The SMILES string of the molecule is CCOc1ccccc1C(=O)N1CCN(Cc2nc3ccccc3s2)CC1. The molecule has 0 radical (unpaired) electrons. The van der Waals surface area contributed by atoms with Crippen molar-refractivity contribution in [3.63, 3.8) is 0 Å². The van der Waals surface area contributed by atoms with Crippen molar-refractivity contribution in [2.75, 3.05) is 32.8 Å². The highest BCUT2D eigenvalue weighted by Gasteiger charge is 2.24. The number of aromatic nitrogens is 1. The largest absolute Gasteiger partial charge is 0.493 e. The highest BCUT2D eigenvalue weighted by atomic mass is 32.1. The van der Waals surface area contributed by atoms with Crippen molar-refractivity contribution in [1.82, 2.24) is 14.8 Å². The van der Waals surface area contributed by atoms with E-state index < -0.39 is 0 Å². The second kappa shape index (κ2) is 8.06. The van der Waals surface area contributed by atoms with Crippen molar-refractivity contribution < 1.29 is 9.53 Å². The van der Waals surface area contributed by atoms with E-state index in [0.717, 1.165) is 43.2 Å². The van der Waals surface area contributed by atoms with Gasteiger partial charge in [0.1, 0.15) is 10.8 Å². The zero-order valence-electron chi connectivity index (χ0n) is 15.4. The third-order valence-electron chi connectivity index (χ3n) is 4.77. The Labute approximate surface area is 163 Å². The van der Waals surface area contributed by atoms with Crippen LogP contribution in [0.4, 0.5) is 0 Å². The Morgan fingerprint density at radius 2 is 1.81 bits per heavy atom. The minimum Gasteiger partial charge on any atom is -0.493 e. The first kappa shape index (κ1) is 17.9. The molecule has 5 nitrogen and oxygen atoms in total. The first-order chi connectivity index (χ1) is 13.2. The van der Waals surface area contributed by atoms with Gasteiger partial charge in [0, 0.05) is 26.2 Å². The van der Waals surface area contributed by atoms with Crippen molar-refractivity contribution in [3.8, 4) is 5.75 Å². The van der Waals surface area contributed by atoms with Gasteiger partial charge in [-0.3, -0.25) is 9.69 Å². The summed E-state index contributed by atoms with van der Waals surface area (Å²) < 4.78 is 6.84. The highest BCUT2D eigenvalue weighted by Crippen LogP contribution is 2.24. The molecule has 1 aliphatic heterocycles. The van der Waals surface area contributed by atoms with Gasteiger partial charge < -0.3 is 9.64 Å². The molecule has 2 heterocycles. The van der Waals surface area contributed by atoms with E-state index in [1.165, 1.54) is 4.70 Å². The third-order valence-corrected chi connectivity index (χ3v) is 5.80. The Balaban J connectivity index is 1.38. The molecule has 27 heavy (non-hydrogen) atoms. The molecule has 3 aromatic rings. The topological polar surface area (TPSA) is 45.7 Å². The number of rotatable bonds is 5. The average Bonchev–Trinajstić information content (AvgIpc) is 3.11. The maximum Gasteiger partial charge on any atom is 0.257 e. The fourth-order valence-electron chi connectivity index (χ4n) is 3.38. The second-order valence-electron chi connectivity index (χ2n) is 6.57. The van der Waals surface area contributed by atoms with Crippen LogP contribution in [0.1, 0.15) is 22.3 Å². The van der Waals surface area contributed by atoms with Crippen LogP contribution in [0.15, 0.2) is 48.5 Å². The molecule has 1 aromatic heterocycles. The van der Waals surface area contributed by atoms with E-state index in [2.05, 4.69) is 23.1 Å². The highest BCUT2D eigenvalue weighted by molar-refractivity contribution is 7.18. The lowest BCUT2D eigenvalue weighted by atomic mass is 10.1. The summed E-state index contributed by atoms with van der Waals surface area (Å²) in [5.74, 6) is 0.723. The van der Waals surface area contributed by atoms with Crippen LogP contribution in [0, 0.1) is 0 Å². The van der Waals surface area contributed by atoms with Crippen LogP contribution in [0.3, 0.4) is 0 Å². The molecule has 1 aliphatic rings. The van der Waals surface area contributed by atoms with Crippen molar-refractivity contribution in [2.24, 2.45) is 0 Å². The fraction of sp³-hybridized carbons (Fsp3) is 0.333. The summed E-state index contributed by atoms with van der Waals surface area (Å²) in [4.78, 5) is 21.9. The van der Waals surface area contributed by atoms with Crippen LogP contribution in [0.5, 0.6) is 5.75 Å². The van der Waals surface area contributed by atoms with E-state index in [-0.39, 0.29) is 5.91 Å². The van der Waals surface area contributed by atoms with Gasteiger partial charge in [0.05, 0.1) is 28.9 Å². The van der Waals surface area contributed by atoms with Gasteiger partial charge in [-0.1, -0.05) is 24.3 Å². The number of nitrogens with zero attached hydrogens (tertiary/aromatic N) is 3. The van der Waals surface area contributed by atoms with Crippen molar-refractivity contribution in [2.45, 2.75) is 13.5 Å². The van der Waals surface area contributed by atoms with Gasteiger partial charge in [-0.15, -0.1) is 11.3 Å². The molecule has 1 saturated heterocycles. The molecule has 1 fully saturated rings. The Morgan fingerprint density at radius 1 is 1.07 bits per heavy atom. The first-order valence-corrected chi connectivity index (χ1v) is 10.1. The van der Waals surface area contributed by atoms with Gasteiger partial charge in [0.25, 0.3) is 5.91 Å². The molecule has 0 N–H and O–H groups in total. The lowest BCUT2D eigenvalue weighted by Gasteiger charge is -2.34. The van der Waals surface area contributed by atoms with Crippen molar-refractivity contribution in [1.29, 1.82) is 0 Å². The van der Waals surface area contributed by atoms with Gasteiger partial charge in [-0.05, 0) is 31.2 Å². The molecule has 0 unspecified atom stereocenters. The van der Waals surface area contributed by atoms with Gasteiger partial charge in [0.15, 0.2) is 0 Å². The summed E-state index contributed by atoms with van der Waals surface area (Å²) in [6.45, 7) is 6.50. The third kappa shape index (κ3) is 3.96. The summed E-state index contributed by atoms with van der Waals surface area (Å²) >= 11 is 1.75. The van der Waals surface area contributed by atoms with Crippen molar-refractivity contribution >= 4 is 27.5 Å². The monoisotopic (exact) mass is 381 g/mol. The van der Waals surface area contributed by atoms with E-state index in [9.17, 15) is 4.79 Å². The summed E-state index contributed by atoms with van der Waals surface area (Å²) in [6, 6.07) is 15.7. The minimum atomic E-state index is 0.0543. The lowest BCUT2D eigenvalue weighted by Crippen LogP contribution is -2.48. The quantitative estimate of drug-likeness (QED) is 0.677. The Morgan fingerprint density at radius 3 is 2.59 bits per heavy atom. The molecule has 0 aliphatic carbocycles. The van der Waals surface area contributed by atoms with Gasteiger partial charge in [0.2, 0.25) is 0 Å². The molecule has 0 spiro atoms. The van der Waals surface area contributed by atoms with E-state index in [1.807, 2.05) is 42.2 Å². The zero-order chi connectivity index (χ0) is 18.6. The number of fused-ring (bicyclic) bond motifs is 1. The number of para-hydroxylation sites is 2. The predicted octanol–water partition coefficient (Wildman–Crippen LogP) is 3.65. The molecular weight excluding hydrogens is 358 g/mol. The smallest absolute Gasteiger partial charge is 0.257 e. The van der Waals surface area contributed by atoms with E-state index in [4.69, 9.17) is 9.72 Å². The Kier molecular flexibility index (Phi) is 5.36. The number of ether oxygens (including phenoxy) is 1. The van der Waals surface area contributed by atoms with Crippen LogP contribution < -0.4 is 4.74 Å². The van der Waals surface area contributed by atoms with E-state index in [0.29, 0.717) is 17.9 Å². The zero-order valence-corrected chi connectivity index (χ0v) is 16.2. The molecule has 0 saturated carbocycles. The number of piperazine rings is 1. The van der Waals surface area contributed by atoms with Crippen LogP contribution in [0.2, 0.25) is 0 Å². The first-order valence-electron chi connectivity index (χ1n) is 9.32. The summed E-state index contributed by atoms with van der Waals surface area (Å²) in [7, 11) is 0. The molecule has 4 rings (SSSR count). The molecular formula is C21H23N3O2S. The fourth-order valence-corrected chi connectivity index (χ4v) is 4.39. The molecule has 140 valence electrons. The Bertz CT molecular complexity index is 899. The predicted molar refractivity (Wildman–Crippen MR) is 108 cm³/mol.